The van der Waals surface area contributed by atoms with Gasteiger partial charge in [-0.05, 0) is 31.2 Å². The lowest BCUT2D eigenvalue weighted by Gasteiger charge is -2.42. The molecule has 7 heteroatoms. The molecular formula is C22H22ClNO5. The fraction of sp³-hybridized carbons (Fsp3) is 0.318. The van der Waals surface area contributed by atoms with Gasteiger partial charge in [-0.3, -0.25) is 4.79 Å². The molecule has 1 aromatic heterocycles. The smallest absolute Gasteiger partial charge is 0.289 e. The van der Waals surface area contributed by atoms with E-state index in [1.54, 1.807) is 30.0 Å². The Morgan fingerprint density at radius 2 is 2.03 bits per heavy atom. The third-order valence-corrected chi connectivity index (χ3v) is 5.37. The zero-order valence-corrected chi connectivity index (χ0v) is 17.0. The number of halogens is 1. The van der Waals surface area contributed by atoms with Gasteiger partial charge in [-0.25, -0.2) is 0 Å². The SMILES string of the molecule is COc1cc(Cl)cc2cc(C(=O)N3CC[C@H](Oc4ccccc4)[C@@](C)(O)C3)oc12. The van der Waals surface area contributed by atoms with Gasteiger partial charge >= 0.3 is 0 Å². The van der Waals surface area contributed by atoms with E-state index in [9.17, 15) is 9.90 Å². The zero-order chi connectivity index (χ0) is 20.6. The first-order chi connectivity index (χ1) is 13.9. The van der Waals surface area contributed by atoms with E-state index in [0.29, 0.717) is 40.5 Å². The molecule has 3 aromatic rings. The van der Waals surface area contributed by atoms with Gasteiger partial charge in [0.15, 0.2) is 17.1 Å². The highest BCUT2D eigenvalue weighted by molar-refractivity contribution is 6.31. The van der Waals surface area contributed by atoms with Gasteiger partial charge in [0, 0.05) is 29.4 Å². The topological polar surface area (TPSA) is 72.1 Å². The number of amides is 1. The van der Waals surface area contributed by atoms with E-state index in [1.807, 2.05) is 30.3 Å². The summed E-state index contributed by atoms with van der Waals surface area (Å²) >= 11 is 6.10. The van der Waals surface area contributed by atoms with Crippen LogP contribution >= 0.6 is 11.6 Å². The molecule has 1 aliphatic heterocycles. The van der Waals surface area contributed by atoms with Crippen LogP contribution in [0.15, 0.2) is 52.9 Å². The van der Waals surface area contributed by atoms with Crippen molar-refractivity contribution in [3.05, 3.63) is 59.3 Å². The van der Waals surface area contributed by atoms with Gasteiger partial charge in [0.2, 0.25) is 0 Å². The molecule has 2 atom stereocenters. The molecule has 29 heavy (non-hydrogen) atoms. The number of furan rings is 1. The lowest BCUT2D eigenvalue weighted by molar-refractivity contribution is -0.0902. The molecule has 0 unspecified atom stereocenters. The summed E-state index contributed by atoms with van der Waals surface area (Å²) in [4.78, 5) is 14.6. The highest BCUT2D eigenvalue weighted by Crippen LogP contribution is 2.33. The molecule has 1 aliphatic rings. The molecule has 0 saturated carbocycles. The zero-order valence-electron chi connectivity index (χ0n) is 16.2. The van der Waals surface area contributed by atoms with Crippen molar-refractivity contribution < 1.29 is 23.8 Å². The summed E-state index contributed by atoms with van der Waals surface area (Å²) in [5.41, 5.74) is -0.731. The number of piperidine rings is 1. The van der Waals surface area contributed by atoms with E-state index in [4.69, 9.17) is 25.5 Å². The first-order valence-electron chi connectivity index (χ1n) is 9.38. The number of benzene rings is 2. The van der Waals surface area contributed by atoms with Crippen LogP contribution < -0.4 is 9.47 Å². The number of nitrogens with zero attached hydrogens (tertiary/aromatic N) is 1. The van der Waals surface area contributed by atoms with Crippen LogP contribution in [0, 0.1) is 0 Å². The quantitative estimate of drug-likeness (QED) is 0.693. The van der Waals surface area contributed by atoms with E-state index in [0.717, 1.165) is 0 Å². The number of carbonyl (C=O) groups is 1. The summed E-state index contributed by atoms with van der Waals surface area (Å²) in [7, 11) is 1.52. The second-order valence-corrected chi connectivity index (χ2v) is 7.87. The number of aliphatic hydroxyl groups is 1. The molecule has 0 bridgehead atoms. The summed E-state index contributed by atoms with van der Waals surface area (Å²) in [6.07, 6.45) is 0.0896. The number of rotatable bonds is 4. The fourth-order valence-corrected chi connectivity index (χ4v) is 3.89. The van der Waals surface area contributed by atoms with Crippen molar-refractivity contribution in [2.24, 2.45) is 0 Å². The fourth-order valence-electron chi connectivity index (χ4n) is 3.67. The van der Waals surface area contributed by atoms with Crippen LogP contribution in [0.25, 0.3) is 11.0 Å². The lowest BCUT2D eigenvalue weighted by atomic mass is 9.91. The third-order valence-electron chi connectivity index (χ3n) is 5.15. The molecular weight excluding hydrogens is 394 g/mol. The lowest BCUT2D eigenvalue weighted by Crippen LogP contribution is -2.58. The molecule has 1 amide bonds. The van der Waals surface area contributed by atoms with E-state index in [2.05, 4.69) is 0 Å². The van der Waals surface area contributed by atoms with Crippen molar-refractivity contribution in [2.75, 3.05) is 20.2 Å². The van der Waals surface area contributed by atoms with Crippen molar-refractivity contribution in [1.29, 1.82) is 0 Å². The predicted octanol–water partition coefficient (Wildman–Crippen LogP) is 4.14. The van der Waals surface area contributed by atoms with Crippen molar-refractivity contribution in [3.8, 4) is 11.5 Å². The molecule has 6 nitrogen and oxygen atoms in total. The second-order valence-electron chi connectivity index (χ2n) is 7.43. The molecule has 0 spiro atoms. The summed E-state index contributed by atoms with van der Waals surface area (Å²) < 4.78 is 17.0. The van der Waals surface area contributed by atoms with Crippen molar-refractivity contribution in [1.82, 2.24) is 4.90 Å². The number of carbonyl (C=O) groups excluding carboxylic acids is 1. The Hall–Kier alpha value is -2.70. The second kappa shape index (κ2) is 7.61. The maximum Gasteiger partial charge on any atom is 0.289 e. The van der Waals surface area contributed by atoms with Crippen LogP contribution in [0.5, 0.6) is 11.5 Å². The summed E-state index contributed by atoms with van der Waals surface area (Å²) in [6, 6.07) is 14.4. The molecule has 1 N–H and O–H groups in total. The Morgan fingerprint density at radius 1 is 1.28 bits per heavy atom. The minimum Gasteiger partial charge on any atom is -0.493 e. The number of para-hydroxylation sites is 1. The molecule has 2 heterocycles. The Morgan fingerprint density at radius 3 is 2.72 bits per heavy atom. The first-order valence-corrected chi connectivity index (χ1v) is 9.75. The Balaban J connectivity index is 1.52. The number of methoxy groups -OCH3 is 1. The van der Waals surface area contributed by atoms with Gasteiger partial charge in [0.25, 0.3) is 5.91 Å². The Kier molecular flexibility index (Phi) is 5.15. The molecule has 0 radical (unpaired) electrons. The van der Waals surface area contributed by atoms with Crippen LogP contribution in [-0.4, -0.2) is 47.8 Å². The minimum atomic E-state index is -1.20. The van der Waals surface area contributed by atoms with Gasteiger partial charge in [0.05, 0.1) is 13.7 Å². The average molecular weight is 416 g/mol. The largest absolute Gasteiger partial charge is 0.493 e. The molecule has 4 rings (SSSR count). The first kappa shape index (κ1) is 19.6. The third kappa shape index (κ3) is 3.91. The standard InChI is InChI=1S/C22H22ClNO5/c1-22(26)13-24(9-8-19(22)28-16-6-4-3-5-7-16)21(25)18-11-14-10-15(23)12-17(27-2)20(14)29-18/h3-7,10-12,19,26H,8-9,13H2,1-2H3/t19-,22-/m0/s1. The van der Waals surface area contributed by atoms with E-state index < -0.39 is 11.7 Å². The molecule has 2 aromatic carbocycles. The normalized spacial score (nSPS) is 21.9. The Bertz CT molecular complexity index is 1030. The van der Waals surface area contributed by atoms with Gasteiger partial charge in [-0.2, -0.15) is 0 Å². The van der Waals surface area contributed by atoms with E-state index in [-0.39, 0.29) is 18.2 Å². The summed E-state index contributed by atoms with van der Waals surface area (Å²) in [5.74, 6) is 1.05. The highest BCUT2D eigenvalue weighted by Gasteiger charge is 2.42. The van der Waals surface area contributed by atoms with Crippen molar-refractivity contribution >= 4 is 28.5 Å². The number of hydrogen-bond acceptors (Lipinski definition) is 5. The number of hydrogen-bond donors (Lipinski definition) is 1. The Labute approximate surface area is 173 Å². The van der Waals surface area contributed by atoms with Gasteiger partial charge in [-0.1, -0.05) is 29.8 Å². The maximum atomic E-state index is 13.0. The monoisotopic (exact) mass is 415 g/mol. The van der Waals surface area contributed by atoms with Gasteiger partial charge in [0.1, 0.15) is 17.5 Å². The molecule has 1 saturated heterocycles. The van der Waals surface area contributed by atoms with Crippen molar-refractivity contribution in [3.63, 3.8) is 0 Å². The predicted molar refractivity (Wildman–Crippen MR) is 110 cm³/mol. The summed E-state index contributed by atoms with van der Waals surface area (Å²) in [5, 5.41) is 12.1. The van der Waals surface area contributed by atoms with Crippen LogP contribution in [-0.2, 0) is 0 Å². The molecule has 0 aliphatic carbocycles. The highest BCUT2D eigenvalue weighted by atomic mass is 35.5. The van der Waals surface area contributed by atoms with Crippen LogP contribution in [0.1, 0.15) is 23.9 Å². The molecule has 1 fully saturated rings. The minimum absolute atomic E-state index is 0.137. The summed E-state index contributed by atoms with van der Waals surface area (Å²) in [6.45, 7) is 2.27. The van der Waals surface area contributed by atoms with Gasteiger partial charge < -0.3 is 23.9 Å². The molecule has 152 valence electrons. The van der Waals surface area contributed by atoms with Gasteiger partial charge in [-0.15, -0.1) is 0 Å². The number of β-amino-alcohol motifs (C(OH)–C–C–N with tert-alkyl or cyclic N) is 1. The maximum absolute atomic E-state index is 13.0. The van der Waals surface area contributed by atoms with E-state index >= 15 is 0 Å². The number of likely N-dealkylation sites (tertiary alicyclic amines) is 1. The average Bonchev–Trinajstić information content (AvgIpc) is 3.12. The number of fused-ring (bicyclic) bond motifs is 1. The van der Waals surface area contributed by atoms with Crippen molar-refractivity contribution in [2.45, 2.75) is 25.0 Å². The van der Waals surface area contributed by atoms with Crippen LogP contribution in [0.3, 0.4) is 0 Å². The number of ether oxygens (including phenoxy) is 2. The van der Waals surface area contributed by atoms with E-state index in [1.165, 1.54) is 7.11 Å². The van der Waals surface area contributed by atoms with Crippen LogP contribution in [0.2, 0.25) is 5.02 Å². The van der Waals surface area contributed by atoms with Crippen LogP contribution in [0.4, 0.5) is 0 Å².